The maximum atomic E-state index is 13.1. The Morgan fingerprint density at radius 2 is 1.86 bits per heavy atom. The number of esters is 1. The molecule has 0 bridgehead atoms. The summed E-state index contributed by atoms with van der Waals surface area (Å²) in [4.78, 5) is 24.2. The van der Waals surface area contributed by atoms with Gasteiger partial charge in [0.15, 0.2) is 12.7 Å². The van der Waals surface area contributed by atoms with Crippen LogP contribution in [0, 0.1) is 5.82 Å². The second-order valence-corrected chi connectivity index (χ2v) is 6.42. The van der Waals surface area contributed by atoms with Crippen molar-refractivity contribution in [3.05, 3.63) is 71.5 Å². The first kappa shape index (κ1) is 19.6. The van der Waals surface area contributed by atoms with Gasteiger partial charge in [-0.05, 0) is 36.6 Å². The number of rotatable bonds is 6. The fraction of sp³-hybridized carbons (Fsp3) is 0.143. The first-order valence-corrected chi connectivity index (χ1v) is 8.88. The van der Waals surface area contributed by atoms with E-state index in [4.69, 9.17) is 21.1 Å². The van der Waals surface area contributed by atoms with Crippen LogP contribution >= 0.6 is 11.6 Å². The van der Waals surface area contributed by atoms with E-state index in [-0.39, 0.29) is 17.3 Å². The summed E-state index contributed by atoms with van der Waals surface area (Å²) in [6.45, 7) is 1.07. The number of fused-ring (bicyclic) bond motifs is 1. The third kappa shape index (κ3) is 4.78. The molecule has 3 aromatic carbocycles. The lowest BCUT2D eigenvalue weighted by Crippen LogP contribution is -2.31. The molecule has 3 rings (SSSR count). The second kappa shape index (κ2) is 8.71. The molecule has 0 aliphatic carbocycles. The Bertz CT molecular complexity index is 1020. The van der Waals surface area contributed by atoms with Crippen molar-refractivity contribution in [1.82, 2.24) is 0 Å². The third-order valence-corrected chi connectivity index (χ3v) is 4.27. The zero-order chi connectivity index (χ0) is 20.1. The topological polar surface area (TPSA) is 64.6 Å². The lowest BCUT2D eigenvalue weighted by atomic mass is 10.1. The molecule has 0 heterocycles. The van der Waals surface area contributed by atoms with Crippen molar-refractivity contribution in [2.24, 2.45) is 0 Å². The van der Waals surface area contributed by atoms with Gasteiger partial charge < -0.3 is 14.8 Å². The summed E-state index contributed by atoms with van der Waals surface area (Å²) in [5.41, 5.74) is 0.225. The zero-order valence-corrected chi connectivity index (χ0v) is 15.7. The molecule has 0 saturated carbocycles. The van der Waals surface area contributed by atoms with E-state index in [1.165, 1.54) is 13.0 Å². The number of carbonyl (C=O) groups excluding carboxylic acids is 2. The summed E-state index contributed by atoms with van der Waals surface area (Å²) in [6.07, 6.45) is -1.08. The van der Waals surface area contributed by atoms with Crippen molar-refractivity contribution >= 4 is 39.9 Å². The van der Waals surface area contributed by atoms with Crippen LogP contribution in [-0.2, 0) is 14.3 Å². The minimum Gasteiger partial charge on any atom is -0.481 e. The third-order valence-electron chi connectivity index (χ3n) is 3.96. The Morgan fingerprint density at radius 3 is 2.64 bits per heavy atom. The summed E-state index contributed by atoms with van der Waals surface area (Å²) in [6, 6.07) is 16.7. The minimum atomic E-state index is -1.08. The number of hydrogen-bond acceptors (Lipinski definition) is 4. The highest BCUT2D eigenvalue weighted by atomic mass is 35.5. The molecule has 0 radical (unpaired) electrons. The van der Waals surface area contributed by atoms with E-state index in [0.717, 1.165) is 22.9 Å². The van der Waals surface area contributed by atoms with E-state index >= 15 is 0 Å². The van der Waals surface area contributed by atoms with Crippen LogP contribution in [0.1, 0.15) is 6.92 Å². The van der Waals surface area contributed by atoms with Crippen LogP contribution in [0.4, 0.5) is 10.1 Å². The average Bonchev–Trinajstić information content (AvgIpc) is 2.68. The van der Waals surface area contributed by atoms with Crippen molar-refractivity contribution in [3.63, 3.8) is 0 Å². The van der Waals surface area contributed by atoms with Crippen LogP contribution < -0.4 is 10.1 Å². The van der Waals surface area contributed by atoms with Crippen LogP contribution in [0.25, 0.3) is 10.8 Å². The Hall–Kier alpha value is -3.12. The summed E-state index contributed by atoms with van der Waals surface area (Å²) in [5, 5.41) is 4.39. The van der Waals surface area contributed by atoms with Crippen molar-refractivity contribution < 1.29 is 23.5 Å². The van der Waals surface area contributed by atoms with Crippen LogP contribution in [-0.4, -0.2) is 24.6 Å². The average molecular weight is 402 g/mol. The molecule has 0 saturated heterocycles. The summed E-state index contributed by atoms with van der Waals surface area (Å²) >= 11 is 5.87. The van der Waals surface area contributed by atoms with Crippen LogP contribution in [0.2, 0.25) is 5.02 Å². The number of nitrogens with one attached hydrogen (secondary N) is 1. The Labute approximate surface area is 166 Å². The van der Waals surface area contributed by atoms with E-state index in [0.29, 0.717) is 5.75 Å². The van der Waals surface area contributed by atoms with Gasteiger partial charge in [-0.15, -0.1) is 0 Å². The Kier molecular flexibility index (Phi) is 6.11. The smallest absolute Gasteiger partial charge is 0.344 e. The van der Waals surface area contributed by atoms with E-state index in [9.17, 15) is 14.0 Å². The molecule has 7 heteroatoms. The van der Waals surface area contributed by atoms with Gasteiger partial charge in [0.2, 0.25) is 0 Å². The first-order chi connectivity index (χ1) is 13.4. The van der Waals surface area contributed by atoms with Crippen LogP contribution in [0.15, 0.2) is 60.7 Å². The number of halogens is 2. The van der Waals surface area contributed by atoms with Gasteiger partial charge in [-0.3, -0.25) is 4.79 Å². The SMILES string of the molecule is CC(OC(=O)COc1cccc2ccccc12)C(=O)Nc1ccc(F)cc1Cl. The fourth-order valence-electron chi connectivity index (χ4n) is 2.57. The molecule has 1 unspecified atom stereocenters. The predicted molar refractivity (Wildman–Crippen MR) is 105 cm³/mol. The Balaban J connectivity index is 1.55. The van der Waals surface area contributed by atoms with Crippen LogP contribution in [0.3, 0.4) is 0 Å². The highest BCUT2D eigenvalue weighted by Gasteiger charge is 2.19. The van der Waals surface area contributed by atoms with Crippen molar-refractivity contribution in [2.75, 3.05) is 11.9 Å². The highest BCUT2D eigenvalue weighted by Crippen LogP contribution is 2.25. The molecule has 3 aromatic rings. The van der Waals surface area contributed by atoms with E-state index in [1.807, 2.05) is 36.4 Å². The van der Waals surface area contributed by atoms with Gasteiger partial charge in [0.05, 0.1) is 10.7 Å². The van der Waals surface area contributed by atoms with Gasteiger partial charge in [-0.25, -0.2) is 9.18 Å². The summed E-state index contributed by atoms with van der Waals surface area (Å²) < 4.78 is 23.7. The number of ether oxygens (including phenoxy) is 2. The van der Waals surface area contributed by atoms with Gasteiger partial charge in [-0.1, -0.05) is 48.0 Å². The monoisotopic (exact) mass is 401 g/mol. The van der Waals surface area contributed by atoms with Gasteiger partial charge >= 0.3 is 5.97 Å². The lowest BCUT2D eigenvalue weighted by molar-refractivity contribution is -0.155. The molecule has 1 atom stereocenters. The van der Waals surface area contributed by atoms with E-state index in [1.54, 1.807) is 6.07 Å². The molecule has 5 nitrogen and oxygen atoms in total. The largest absolute Gasteiger partial charge is 0.481 e. The lowest BCUT2D eigenvalue weighted by Gasteiger charge is -2.15. The minimum absolute atomic E-state index is 0.0474. The predicted octanol–water partition coefficient (Wildman–Crippen LogP) is 4.58. The Morgan fingerprint density at radius 1 is 1.11 bits per heavy atom. The highest BCUT2D eigenvalue weighted by molar-refractivity contribution is 6.33. The van der Waals surface area contributed by atoms with Crippen molar-refractivity contribution in [2.45, 2.75) is 13.0 Å². The van der Waals surface area contributed by atoms with Gasteiger partial charge in [0.1, 0.15) is 11.6 Å². The van der Waals surface area contributed by atoms with Crippen molar-refractivity contribution in [3.8, 4) is 5.75 Å². The van der Waals surface area contributed by atoms with E-state index < -0.39 is 23.8 Å². The second-order valence-electron chi connectivity index (χ2n) is 6.01. The normalized spacial score (nSPS) is 11.7. The molecular formula is C21H17ClFNO4. The fourth-order valence-corrected chi connectivity index (χ4v) is 2.78. The number of hydrogen-bond donors (Lipinski definition) is 1. The molecule has 1 N–H and O–H groups in total. The molecule has 0 aliphatic heterocycles. The number of benzene rings is 3. The molecule has 0 aromatic heterocycles. The molecule has 0 aliphatic rings. The standard InChI is InChI=1S/C21H17ClFNO4/c1-13(21(26)24-18-10-9-15(23)11-17(18)22)28-20(25)12-27-19-8-4-6-14-5-2-3-7-16(14)19/h2-11,13H,12H2,1H3,(H,24,26). The van der Waals surface area contributed by atoms with Gasteiger partial charge in [-0.2, -0.15) is 0 Å². The maximum Gasteiger partial charge on any atom is 0.344 e. The first-order valence-electron chi connectivity index (χ1n) is 8.50. The van der Waals surface area contributed by atoms with Crippen molar-refractivity contribution in [1.29, 1.82) is 0 Å². The molecule has 28 heavy (non-hydrogen) atoms. The summed E-state index contributed by atoms with van der Waals surface area (Å²) in [7, 11) is 0. The van der Waals surface area contributed by atoms with Crippen LogP contribution in [0.5, 0.6) is 5.75 Å². The number of amides is 1. The number of anilines is 1. The molecule has 0 fully saturated rings. The molecule has 144 valence electrons. The van der Waals surface area contributed by atoms with Gasteiger partial charge in [0.25, 0.3) is 5.91 Å². The molecule has 1 amide bonds. The molecular weight excluding hydrogens is 385 g/mol. The zero-order valence-electron chi connectivity index (χ0n) is 14.9. The molecule has 0 spiro atoms. The maximum absolute atomic E-state index is 13.1. The van der Waals surface area contributed by atoms with Gasteiger partial charge in [0, 0.05) is 5.39 Å². The van der Waals surface area contributed by atoms with E-state index in [2.05, 4.69) is 5.32 Å². The summed E-state index contributed by atoms with van der Waals surface area (Å²) in [5.74, 6) is -1.26. The number of carbonyl (C=O) groups is 2. The quantitative estimate of drug-likeness (QED) is 0.614.